The van der Waals surface area contributed by atoms with Gasteiger partial charge in [0.25, 0.3) is 5.22 Å². The average molecular weight is 311 g/mol. The highest BCUT2D eigenvalue weighted by atomic mass is 32.2. The minimum absolute atomic E-state index is 0.189. The van der Waals surface area contributed by atoms with E-state index >= 15 is 0 Å². The van der Waals surface area contributed by atoms with Gasteiger partial charge >= 0.3 is 6.09 Å². The molecule has 116 valence electrons. The van der Waals surface area contributed by atoms with Crippen LogP contribution >= 0.6 is 11.8 Å². The van der Waals surface area contributed by atoms with Crippen molar-refractivity contribution in [3.05, 3.63) is 18.5 Å². The number of thioether (sulfide) groups is 1. The fraction of sp³-hybridized carbons (Fsp3) is 0.643. The number of ether oxygens (including phenoxy) is 1. The summed E-state index contributed by atoms with van der Waals surface area (Å²) in [6.45, 7) is 9.86. The van der Waals surface area contributed by atoms with Crippen molar-refractivity contribution in [2.24, 2.45) is 0 Å². The Bertz CT molecular complexity index is 510. The maximum Gasteiger partial charge on any atom is 0.410 e. The average Bonchev–Trinajstić information content (AvgIpc) is 3.02. The zero-order valence-electron chi connectivity index (χ0n) is 12.7. The molecule has 1 atom stereocenters. The zero-order chi connectivity index (χ0) is 15.5. The molecular formula is C14H21N3O3S. The number of amides is 1. The minimum atomic E-state index is -0.510. The Labute approximate surface area is 128 Å². The fourth-order valence-electron chi connectivity index (χ4n) is 2.11. The van der Waals surface area contributed by atoms with Crippen molar-refractivity contribution in [2.45, 2.75) is 50.5 Å². The van der Waals surface area contributed by atoms with Crippen LogP contribution in [0.4, 0.5) is 4.79 Å². The van der Waals surface area contributed by atoms with Crippen LogP contribution in [-0.4, -0.2) is 39.1 Å². The molecule has 6 nitrogen and oxygen atoms in total. The fourth-order valence-corrected chi connectivity index (χ4v) is 2.61. The lowest BCUT2D eigenvalue weighted by Crippen LogP contribution is -2.36. The monoisotopic (exact) mass is 311 g/mol. The van der Waals surface area contributed by atoms with Gasteiger partial charge in [-0.2, -0.15) is 0 Å². The molecule has 0 unspecified atom stereocenters. The van der Waals surface area contributed by atoms with Crippen molar-refractivity contribution < 1.29 is 13.9 Å². The summed E-state index contributed by atoms with van der Waals surface area (Å²) >= 11 is 1.43. The zero-order valence-corrected chi connectivity index (χ0v) is 13.5. The van der Waals surface area contributed by atoms with E-state index < -0.39 is 5.60 Å². The summed E-state index contributed by atoms with van der Waals surface area (Å²) < 4.78 is 11.0. The van der Waals surface area contributed by atoms with Crippen LogP contribution in [0.1, 0.15) is 45.5 Å². The Balaban J connectivity index is 2.06. The van der Waals surface area contributed by atoms with E-state index in [9.17, 15) is 4.79 Å². The van der Waals surface area contributed by atoms with Gasteiger partial charge in [0.2, 0.25) is 5.89 Å². The van der Waals surface area contributed by atoms with Crippen LogP contribution in [0.2, 0.25) is 0 Å². The first-order valence-corrected chi connectivity index (χ1v) is 7.96. The third-order valence-electron chi connectivity index (χ3n) is 2.91. The molecular weight excluding hydrogens is 290 g/mol. The third-order valence-corrected chi connectivity index (χ3v) is 3.73. The summed E-state index contributed by atoms with van der Waals surface area (Å²) in [4.78, 5) is 13.9. The van der Waals surface area contributed by atoms with Gasteiger partial charge in [0, 0.05) is 12.3 Å². The molecule has 0 aromatic carbocycles. The molecule has 0 spiro atoms. The molecule has 2 heterocycles. The van der Waals surface area contributed by atoms with Crippen LogP contribution in [0.3, 0.4) is 0 Å². The first kappa shape index (κ1) is 15.9. The maximum absolute atomic E-state index is 12.2. The first-order valence-electron chi connectivity index (χ1n) is 6.97. The molecule has 1 amide bonds. The molecule has 1 aliphatic heterocycles. The normalized spacial score (nSPS) is 18.8. The highest BCUT2D eigenvalue weighted by molar-refractivity contribution is 7.99. The number of rotatable bonds is 4. The molecule has 1 aliphatic rings. The smallest absolute Gasteiger partial charge is 0.410 e. The second kappa shape index (κ2) is 6.51. The lowest BCUT2D eigenvalue weighted by molar-refractivity contribution is 0.0201. The van der Waals surface area contributed by atoms with Gasteiger partial charge in [-0.25, -0.2) is 4.79 Å². The number of hydrogen-bond acceptors (Lipinski definition) is 6. The van der Waals surface area contributed by atoms with Gasteiger partial charge in [-0.1, -0.05) is 17.8 Å². The van der Waals surface area contributed by atoms with Gasteiger partial charge in [0.15, 0.2) is 0 Å². The van der Waals surface area contributed by atoms with Crippen LogP contribution < -0.4 is 0 Å². The lowest BCUT2D eigenvalue weighted by Gasteiger charge is -2.27. The molecule has 7 heteroatoms. The maximum atomic E-state index is 12.2. The lowest BCUT2D eigenvalue weighted by atomic mass is 10.2. The van der Waals surface area contributed by atoms with Crippen LogP contribution in [0.15, 0.2) is 22.3 Å². The minimum Gasteiger partial charge on any atom is -0.444 e. The number of carbonyl (C=O) groups is 1. The SMILES string of the molecule is C=CCSc1nnc([C@H]2CCCN2C(=O)OC(C)(C)C)o1. The van der Waals surface area contributed by atoms with Gasteiger partial charge in [-0.05, 0) is 33.6 Å². The van der Waals surface area contributed by atoms with Crippen LogP contribution in [-0.2, 0) is 4.74 Å². The van der Waals surface area contributed by atoms with Crippen molar-refractivity contribution in [2.75, 3.05) is 12.3 Å². The molecule has 0 saturated carbocycles. The standard InChI is InChI=1S/C14H21N3O3S/c1-5-9-21-12-16-15-11(19-12)10-7-6-8-17(10)13(18)20-14(2,3)4/h5,10H,1,6-9H2,2-4H3/t10-/m1/s1. The molecule has 21 heavy (non-hydrogen) atoms. The second-order valence-electron chi connectivity index (χ2n) is 5.84. The van der Waals surface area contributed by atoms with Crippen molar-refractivity contribution in [3.63, 3.8) is 0 Å². The molecule has 1 aromatic rings. The summed E-state index contributed by atoms with van der Waals surface area (Å²) in [6, 6.07) is -0.189. The van der Waals surface area contributed by atoms with E-state index in [1.807, 2.05) is 20.8 Å². The van der Waals surface area contributed by atoms with Crippen molar-refractivity contribution >= 4 is 17.9 Å². The van der Waals surface area contributed by atoms with Gasteiger partial charge in [0.05, 0.1) is 0 Å². The molecule has 0 bridgehead atoms. The molecule has 1 fully saturated rings. The molecule has 1 saturated heterocycles. The number of hydrogen-bond donors (Lipinski definition) is 0. The highest BCUT2D eigenvalue weighted by Crippen LogP contribution is 2.33. The largest absolute Gasteiger partial charge is 0.444 e. The summed E-state index contributed by atoms with van der Waals surface area (Å²) in [5.41, 5.74) is -0.510. The van der Waals surface area contributed by atoms with Gasteiger partial charge in [-0.3, -0.25) is 4.90 Å². The van der Waals surface area contributed by atoms with Gasteiger partial charge < -0.3 is 9.15 Å². The van der Waals surface area contributed by atoms with E-state index in [1.165, 1.54) is 11.8 Å². The Morgan fingerprint density at radius 1 is 1.57 bits per heavy atom. The predicted octanol–water partition coefficient (Wildman–Crippen LogP) is 3.42. The Morgan fingerprint density at radius 3 is 3.00 bits per heavy atom. The third kappa shape index (κ3) is 4.23. The van der Waals surface area contributed by atoms with E-state index in [0.29, 0.717) is 23.4 Å². The molecule has 0 N–H and O–H groups in total. The summed E-state index contributed by atoms with van der Waals surface area (Å²) in [5, 5.41) is 8.55. The summed E-state index contributed by atoms with van der Waals surface area (Å²) in [6.07, 6.45) is 3.16. The molecule has 0 radical (unpaired) electrons. The molecule has 1 aromatic heterocycles. The van der Waals surface area contributed by atoms with Crippen LogP contribution in [0.5, 0.6) is 0 Å². The van der Waals surface area contributed by atoms with Crippen molar-refractivity contribution in [1.82, 2.24) is 15.1 Å². The molecule has 2 rings (SSSR count). The molecule has 0 aliphatic carbocycles. The Hall–Kier alpha value is -1.50. The highest BCUT2D eigenvalue weighted by Gasteiger charge is 2.36. The number of carbonyl (C=O) groups excluding carboxylic acids is 1. The number of aromatic nitrogens is 2. The van der Waals surface area contributed by atoms with Crippen LogP contribution in [0.25, 0.3) is 0 Å². The van der Waals surface area contributed by atoms with Gasteiger partial charge in [0.1, 0.15) is 11.6 Å². The van der Waals surface area contributed by atoms with E-state index in [2.05, 4.69) is 16.8 Å². The number of nitrogens with zero attached hydrogens (tertiary/aromatic N) is 3. The topological polar surface area (TPSA) is 68.5 Å². The Kier molecular flexibility index (Phi) is 4.92. The van der Waals surface area contributed by atoms with E-state index in [0.717, 1.165) is 12.8 Å². The van der Waals surface area contributed by atoms with E-state index in [4.69, 9.17) is 9.15 Å². The Morgan fingerprint density at radius 2 is 2.33 bits per heavy atom. The second-order valence-corrected chi connectivity index (χ2v) is 6.81. The number of likely N-dealkylation sites (tertiary alicyclic amines) is 1. The van der Waals surface area contributed by atoms with Crippen LogP contribution in [0, 0.1) is 0 Å². The quantitative estimate of drug-likeness (QED) is 0.627. The van der Waals surface area contributed by atoms with Crippen molar-refractivity contribution in [1.29, 1.82) is 0 Å². The first-order chi connectivity index (χ1) is 9.90. The van der Waals surface area contributed by atoms with E-state index in [-0.39, 0.29) is 12.1 Å². The van der Waals surface area contributed by atoms with E-state index in [1.54, 1.807) is 11.0 Å². The van der Waals surface area contributed by atoms with Crippen molar-refractivity contribution in [3.8, 4) is 0 Å². The van der Waals surface area contributed by atoms with Gasteiger partial charge in [-0.15, -0.1) is 16.8 Å². The predicted molar refractivity (Wildman–Crippen MR) is 80.1 cm³/mol. The summed E-state index contributed by atoms with van der Waals surface area (Å²) in [5.74, 6) is 1.19. The summed E-state index contributed by atoms with van der Waals surface area (Å²) in [7, 11) is 0.